The fourth-order valence-electron chi connectivity index (χ4n) is 9.21. The predicted molar refractivity (Wildman–Crippen MR) is 255 cm³/mol. The van der Waals surface area contributed by atoms with Gasteiger partial charge in [-0.3, -0.25) is 0 Å². The third-order valence-electron chi connectivity index (χ3n) is 12.1. The van der Waals surface area contributed by atoms with Crippen LogP contribution in [0.4, 0.5) is 17.1 Å². The van der Waals surface area contributed by atoms with Crippen LogP contribution in [0.25, 0.3) is 99.2 Å². The molecule has 10 aromatic carbocycles. The molecule has 0 N–H and O–H groups in total. The van der Waals surface area contributed by atoms with Gasteiger partial charge in [-0.1, -0.05) is 158 Å². The monoisotopic (exact) mass is 779 g/mol. The van der Waals surface area contributed by atoms with Crippen molar-refractivity contribution in [1.29, 1.82) is 0 Å². The molecule has 0 saturated carbocycles. The molecule has 0 bridgehead atoms. The van der Waals surface area contributed by atoms with Crippen LogP contribution in [0.3, 0.4) is 0 Å². The van der Waals surface area contributed by atoms with Crippen LogP contribution < -0.4 is 4.90 Å². The molecule has 0 saturated heterocycles. The van der Waals surface area contributed by atoms with Crippen molar-refractivity contribution in [2.75, 3.05) is 4.90 Å². The van der Waals surface area contributed by atoms with E-state index >= 15 is 0 Å². The van der Waals surface area contributed by atoms with Crippen molar-refractivity contribution in [3.05, 3.63) is 224 Å². The summed E-state index contributed by atoms with van der Waals surface area (Å²) in [6.07, 6.45) is 0. The number of hydrogen-bond acceptors (Lipinski definition) is 3. The van der Waals surface area contributed by atoms with Crippen molar-refractivity contribution < 1.29 is 8.83 Å². The Labute approximate surface area is 353 Å². The third kappa shape index (κ3) is 5.98. The van der Waals surface area contributed by atoms with Gasteiger partial charge in [0, 0.05) is 38.5 Å². The average molecular weight is 780 g/mol. The van der Waals surface area contributed by atoms with Gasteiger partial charge in [-0.25, -0.2) is 0 Å². The zero-order chi connectivity index (χ0) is 40.3. The molecule has 0 fully saturated rings. The molecule has 0 aliphatic heterocycles. The third-order valence-corrected chi connectivity index (χ3v) is 12.1. The van der Waals surface area contributed by atoms with Crippen LogP contribution in [0.1, 0.15) is 0 Å². The van der Waals surface area contributed by atoms with Crippen LogP contribution in [0, 0.1) is 0 Å². The Morgan fingerprint density at radius 2 is 0.787 bits per heavy atom. The highest BCUT2D eigenvalue weighted by atomic mass is 16.3. The summed E-state index contributed by atoms with van der Waals surface area (Å²) in [5.74, 6) is 0. The standard InChI is InChI=1S/C58H37NO2/c1-2-14-38(15-3-1)46-25-12-16-39-17-13-26-51(58(39)46)47-22-4-7-27-53(47)59(44-20-10-18-40(34-44)42-31-33-56-52(36-42)49-24-6-9-29-55(49)60-56)45-21-11-19-41(35-45)43-30-32-50-48-23-5-8-28-54(48)61-57(50)37-43/h1-37H. The number of hydrogen-bond donors (Lipinski definition) is 0. The van der Waals surface area contributed by atoms with E-state index in [0.29, 0.717) is 0 Å². The van der Waals surface area contributed by atoms with Gasteiger partial charge in [0.25, 0.3) is 0 Å². The molecular weight excluding hydrogens is 743 g/mol. The van der Waals surface area contributed by atoms with Crippen LogP contribution >= 0.6 is 0 Å². The summed E-state index contributed by atoms with van der Waals surface area (Å²) in [6, 6.07) is 80.2. The molecule has 0 aliphatic carbocycles. The largest absolute Gasteiger partial charge is 0.456 e. The molecule has 12 rings (SSSR count). The van der Waals surface area contributed by atoms with Crippen molar-refractivity contribution in [3.63, 3.8) is 0 Å². The second-order valence-electron chi connectivity index (χ2n) is 15.6. The first-order chi connectivity index (χ1) is 30.2. The minimum Gasteiger partial charge on any atom is -0.456 e. The molecule has 0 atom stereocenters. The number of benzene rings is 10. The quantitative estimate of drug-likeness (QED) is 0.161. The second-order valence-corrected chi connectivity index (χ2v) is 15.6. The molecule has 2 aromatic heterocycles. The summed E-state index contributed by atoms with van der Waals surface area (Å²) in [5.41, 5.74) is 15.9. The first-order valence-electron chi connectivity index (χ1n) is 20.7. The SMILES string of the molecule is c1ccc(-c2cccc3cccc(-c4ccccc4N(c4cccc(-c5ccc6c(c5)oc5ccccc56)c4)c4cccc(-c5ccc6oc7ccccc7c6c5)c4)c23)cc1. The fourth-order valence-corrected chi connectivity index (χ4v) is 9.21. The Kier molecular flexibility index (Phi) is 8.17. The Bertz CT molecular complexity index is 3610. The Balaban J connectivity index is 1.06. The summed E-state index contributed by atoms with van der Waals surface area (Å²) < 4.78 is 12.6. The molecule has 61 heavy (non-hydrogen) atoms. The Morgan fingerprint density at radius 1 is 0.279 bits per heavy atom. The molecule has 0 radical (unpaired) electrons. The molecular formula is C58H37NO2. The zero-order valence-corrected chi connectivity index (χ0v) is 33.1. The van der Waals surface area contributed by atoms with E-state index in [1.165, 1.54) is 27.5 Å². The molecule has 0 unspecified atom stereocenters. The summed E-state index contributed by atoms with van der Waals surface area (Å²) in [4.78, 5) is 2.41. The van der Waals surface area contributed by atoms with Crippen LogP contribution in [-0.2, 0) is 0 Å². The van der Waals surface area contributed by atoms with E-state index in [1.807, 2.05) is 24.3 Å². The molecule has 12 aromatic rings. The summed E-state index contributed by atoms with van der Waals surface area (Å²) in [6.45, 7) is 0. The lowest BCUT2D eigenvalue weighted by Gasteiger charge is -2.29. The van der Waals surface area contributed by atoms with E-state index in [4.69, 9.17) is 8.83 Å². The average Bonchev–Trinajstić information content (AvgIpc) is 3.90. The molecule has 0 spiro atoms. The number of anilines is 3. The first kappa shape index (κ1) is 34.9. The molecule has 3 heteroatoms. The van der Waals surface area contributed by atoms with Gasteiger partial charge in [0.05, 0.1) is 5.69 Å². The van der Waals surface area contributed by atoms with E-state index in [2.05, 4.69) is 205 Å². The lowest BCUT2D eigenvalue weighted by atomic mass is 9.90. The van der Waals surface area contributed by atoms with Gasteiger partial charge in [0.1, 0.15) is 22.3 Å². The molecule has 286 valence electrons. The van der Waals surface area contributed by atoms with Gasteiger partial charge in [-0.2, -0.15) is 0 Å². The van der Waals surface area contributed by atoms with Gasteiger partial charge in [0.2, 0.25) is 0 Å². The van der Waals surface area contributed by atoms with E-state index in [1.54, 1.807) is 0 Å². The van der Waals surface area contributed by atoms with E-state index in [9.17, 15) is 0 Å². The number of furan rings is 2. The van der Waals surface area contributed by atoms with E-state index in [-0.39, 0.29) is 0 Å². The number of fused-ring (bicyclic) bond motifs is 7. The lowest BCUT2D eigenvalue weighted by Crippen LogP contribution is -2.11. The van der Waals surface area contributed by atoms with Crippen molar-refractivity contribution in [2.24, 2.45) is 0 Å². The van der Waals surface area contributed by atoms with Crippen molar-refractivity contribution in [2.45, 2.75) is 0 Å². The van der Waals surface area contributed by atoms with Gasteiger partial charge in [-0.05, 0) is 116 Å². The van der Waals surface area contributed by atoms with Gasteiger partial charge in [0.15, 0.2) is 0 Å². The van der Waals surface area contributed by atoms with E-state index in [0.717, 1.165) is 88.8 Å². The number of rotatable bonds is 7. The highest BCUT2D eigenvalue weighted by Crippen LogP contribution is 2.46. The normalized spacial score (nSPS) is 11.6. The summed E-state index contributed by atoms with van der Waals surface area (Å²) in [5, 5.41) is 6.91. The molecule has 0 aliphatic rings. The smallest absolute Gasteiger partial charge is 0.136 e. The van der Waals surface area contributed by atoms with Gasteiger partial charge < -0.3 is 13.7 Å². The zero-order valence-electron chi connectivity index (χ0n) is 33.1. The van der Waals surface area contributed by atoms with Crippen LogP contribution in [-0.4, -0.2) is 0 Å². The number of para-hydroxylation sites is 3. The summed E-state index contributed by atoms with van der Waals surface area (Å²) >= 11 is 0. The van der Waals surface area contributed by atoms with E-state index < -0.39 is 0 Å². The van der Waals surface area contributed by atoms with Crippen molar-refractivity contribution >= 4 is 71.7 Å². The minimum absolute atomic E-state index is 0.881. The van der Waals surface area contributed by atoms with Crippen LogP contribution in [0.15, 0.2) is 233 Å². The Hall–Kier alpha value is -8.14. The fraction of sp³-hybridized carbons (Fsp3) is 0. The number of nitrogens with zero attached hydrogens (tertiary/aromatic N) is 1. The topological polar surface area (TPSA) is 29.5 Å². The maximum atomic E-state index is 6.36. The van der Waals surface area contributed by atoms with Crippen LogP contribution in [0.2, 0.25) is 0 Å². The van der Waals surface area contributed by atoms with Crippen molar-refractivity contribution in [1.82, 2.24) is 0 Å². The lowest BCUT2D eigenvalue weighted by molar-refractivity contribution is 0.668. The maximum absolute atomic E-state index is 6.36. The maximum Gasteiger partial charge on any atom is 0.136 e. The minimum atomic E-state index is 0.881. The second kappa shape index (κ2) is 14.3. The molecule has 3 nitrogen and oxygen atoms in total. The van der Waals surface area contributed by atoms with Gasteiger partial charge >= 0.3 is 0 Å². The molecule has 0 amide bonds. The Morgan fingerprint density at radius 3 is 1.54 bits per heavy atom. The predicted octanol–water partition coefficient (Wildman–Crippen LogP) is 16.8. The highest BCUT2D eigenvalue weighted by molar-refractivity contribution is 6.10. The molecule has 2 heterocycles. The van der Waals surface area contributed by atoms with Crippen LogP contribution in [0.5, 0.6) is 0 Å². The van der Waals surface area contributed by atoms with Crippen molar-refractivity contribution in [3.8, 4) is 44.5 Å². The first-order valence-corrected chi connectivity index (χ1v) is 20.7. The van der Waals surface area contributed by atoms with Gasteiger partial charge in [-0.15, -0.1) is 0 Å². The summed E-state index contributed by atoms with van der Waals surface area (Å²) in [7, 11) is 0. The highest BCUT2D eigenvalue weighted by Gasteiger charge is 2.21.